The van der Waals surface area contributed by atoms with Crippen LogP contribution in [0, 0.1) is 11.3 Å². The smallest absolute Gasteiger partial charge is 0.341 e. The van der Waals surface area contributed by atoms with Crippen LogP contribution in [0.5, 0.6) is 0 Å². The molecule has 0 saturated carbocycles. The topological polar surface area (TPSA) is 85.6 Å². The van der Waals surface area contributed by atoms with Gasteiger partial charge < -0.3 is 10.1 Å². The number of alkyl halides is 2. The molecule has 39 heavy (non-hydrogen) atoms. The number of rotatable bonds is 7. The third-order valence-electron chi connectivity index (χ3n) is 7.94. The van der Waals surface area contributed by atoms with Crippen LogP contribution in [-0.4, -0.2) is 33.6 Å². The molecule has 3 aromatic heterocycles. The van der Waals surface area contributed by atoms with Crippen LogP contribution < -0.4 is 5.32 Å². The predicted molar refractivity (Wildman–Crippen MR) is 147 cm³/mol. The number of thiophene rings is 1. The van der Waals surface area contributed by atoms with Gasteiger partial charge in [0.15, 0.2) is 5.65 Å². The molecule has 5 rings (SSSR count). The van der Waals surface area contributed by atoms with Gasteiger partial charge in [0, 0.05) is 10.4 Å². The molecule has 1 aliphatic carbocycles. The SMILES string of the molecule is CCC(C)(C)[C@H]1CCc2c(sc(NC(=O)c3cnn4c(C(F)F)cc(-c5ccccc5)nc34)c2C(=O)OC)C1. The van der Waals surface area contributed by atoms with E-state index in [1.807, 2.05) is 6.07 Å². The van der Waals surface area contributed by atoms with Crippen molar-refractivity contribution in [1.29, 1.82) is 0 Å². The van der Waals surface area contributed by atoms with Crippen LogP contribution in [0.4, 0.5) is 13.8 Å². The summed E-state index contributed by atoms with van der Waals surface area (Å²) in [5.41, 5.74) is 2.03. The molecule has 0 radical (unpaired) electrons. The monoisotopic (exact) mass is 552 g/mol. The highest BCUT2D eigenvalue weighted by Gasteiger charge is 2.36. The van der Waals surface area contributed by atoms with E-state index in [1.165, 1.54) is 30.7 Å². The lowest BCUT2D eigenvalue weighted by Crippen LogP contribution is -2.28. The molecule has 3 heterocycles. The minimum atomic E-state index is -2.83. The van der Waals surface area contributed by atoms with Crippen molar-refractivity contribution < 1.29 is 23.1 Å². The minimum Gasteiger partial charge on any atom is -0.465 e. The van der Waals surface area contributed by atoms with Crippen molar-refractivity contribution in [2.24, 2.45) is 11.3 Å². The summed E-state index contributed by atoms with van der Waals surface area (Å²) in [4.78, 5) is 31.9. The molecule has 1 atom stereocenters. The first kappa shape index (κ1) is 26.9. The average molecular weight is 553 g/mol. The number of halogens is 2. The van der Waals surface area contributed by atoms with E-state index in [1.54, 1.807) is 24.3 Å². The molecule has 0 saturated heterocycles. The number of carbonyl (C=O) groups is 2. The molecule has 7 nitrogen and oxygen atoms in total. The van der Waals surface area contributed by atoms with E-state index in [9.17, 15) is 18.4 Å². The van der Waals surface area contributed by atoms with E-state index < -0.39 is 18.3 Å². The highest BCUT2D eigenvalue weighted by molar-refractivity contribution is 7.17. The van der Waals surface area contributed by atoms with E-state index >= 15 is 0 Å². The van der Waals surface area contributed by atoms with Crippen molar-refractivity contribution in [3.05, 3.63) is 69.9 Å². The Morgan fingerprint density at radius 2 is 2.00 bits per heavy atom. The lowest BCUT2D eigenvalue weighted by Gasteiger charge is -2.36. The van der Waals surface area contributed by atoms with E-state index in [-0.39, 0.29) is 22.3 Å². The van der Waals surface area contributed by atoms with Gasteiger partial charge in [-0.1, -0.05) is 57.5 Å². The van der Waals surface area contributed by atoms with Gasteiger partial charge >= 0.3 is 5.97 Å². The first-order valence-electron chi connectivity index (χ1n) is 12.9. The largest absolute Gasteiger partial charge is 0.465 e. The fraction of sp³-hybridized carbons (Fsp3) is 0.379. The number of amides is 1. The van der Waals surface area contributed by atoms with Crippen LogP contribution >= 0.6 is 11.3 Å². The summed E-state index contributed by atoms with van der Waals surface area (Å²) < 4.78 is 34.0. The van der Waals surface area contributed by atoms with Crippen molar-refractivity contribution in [3.63, 3.8) is 0 Å². The number of ether oxygens (including phenoxy) is 1. The third kappa shape index (κ3) is 4.93. The number of benzene rings is 1. The highest BCUT2D eigenvalue weighted by Crippen LogP contribution is 2.45. The second-order valence-electron chi connectivity index (χ2n) is 10.5. The summed E-state index contributed by atoms with van der Waals surface area (Å²) in [6, 6.07) is 10.2. The molecule has 0 unspecified atom stereocenters. The van der Waals surface area contributed by atoms with E-state index in [0.29, 0.717) is 27.7 Å². The average Bonchev–Trinajstić information content (AvgIpc) is 3.53. The van der Waals surface area contributed by atoms with Crippen LogP contribution in [0.3, 0.4) is 0 Å². The number of aromatic nitrogens is 3. The third-order valence-corrected chi connectivity index (χ3v) is 9.11. The first-order valence-corrected chi connectivity index (χ1v) is 13.7. The van der Waals surface area contributed by atoms with Gasteiger partial charge in [0.25, 0.3) is 12.3 Å². The van der Waals surface area contributed by atoms with Gasteiger partial charge in [-0.15, -0.1) is 11.3 Å². The number of esters is 1. The first-order chi connectivity index (χ1) is 18.6. The molecule has 1 amide bonds. The summed E-state index contributed by atoms with van der Waals surface area (Å²) >= 11 is 1.37. The fourth-order valence-electron chi connectivity index (χ4n) is 5.18. The molecule has 204 valence electrons. The van der Waals surface area contributed by atoms with Crippen molar-refractivity contribution in [2.75, 3.05) is 12.4 Å². The van der Waals surface area contributed by atoms with Crippen molar-refractivity contribution in [1.82, 2.24) is 14.6 Å². The molecule has 0 bridgehead atoms. The zero-order valence-electron chi connectivity index (χ0n) is 22.3. The number of methoxy groups -OCH3 is 1. The van der Waals surface area contributed by atoms with Crippen molar-refractivity contribution >= 4 is 33.9 Å². The lowest BCUT2D eigenvalue weighted by molar-refractivity contribution is 0.0600. The van der Waals surface area contributed by atoms with Gasteiger partial charge in [-0.25, -0.2) is 23.1 Å². The molecule has 0 spiro atoms. The number of carbonyl (C=O) groups excluding carboxylic acids is 2. The molecule has 4 aromatic rings. The highest BCUT2D eigenvalue weighted by atomic mass is 32.1. The van der Waals surface area contributed by atoms with E-state index in [0.717, 1.165) is 40.6 Å². The van der Waals surface area contributed by atoms with Crippen LogP contribution in [0.2, 0.25) is 0 Å². The molecule has 0 fully saturated rings. The van der Waals surface area contributed by atoms with Gasteiger partial charge in [0.05, 0.1) is 24.6 Å². The number of hydrogen-bond donors (Lipinski definition) is 1. The Hall–Kier alpha value is -3.66. The van der Waals surface area contributed by atoms with E-state index in [4.69, 9.17) is 4.74 Å². The summed E-state index contributed by atoms with van der Waals surface area (Å²) in [6.07, 6.45) is 1.92. The van der Waals surface area contributed by atoms with Gasteiger partial charge in [-0.3, -0.25) is 4.79 Å². The van der Waals surface area contributed by atoms with Crippen LogP contribution in [0.15, 0.2) is 42.6 Å². The molecular weight excluding hydrogens is 522 g/mol. The zero-order valence-corrected chi connectivity index (χ0v) is 23.1. The summed E-state index contributed by atoms with van der Waals surface area (Å²) in [5, 5.41) is 7.29. The number of anilines is 1. The van der Waals surface area contributed by atoms with Gasteiger partial charge in [-0.05, 0) is 42.2 Å². The Morgan fingerprint density at radius 3 is 2.67 bits per heavy atom. The van der Waals surface area contributed by atoms with Crippen LogP contribution in [-0.2, 0) is 17.6 Å². The number of hydrogen-bond acceptors (Lipinski definition) is 6. The maximum atomic E-state index is 14.0. The zero-order chi connectivity index (χ0) is 27.9. The molecular formula is C29H30F2N4O3S. The van der Waals surface area contributed by atoms with Gasteiger partial charge in [0.1, 0.15) is 16.3 Å². The van der Waals surface area contributed by atoms with Crippen molar-refractivity contribution in [2.45, 2.75) is 52.9 Å². The predicted octanol–water partition coefficient (Wildman–Crippen LogP) is 6.98. The molecule has 0 aliphatic heterocycles. The summed E-state index contributed by atoms with van der Waals surface area (Å²) in [7, 11) is 1.32. The van der Waals surface area contributed by atoms with Crippen LogP contribution in [0.25, 0.3) is 16.9 Å². The van der Waals surface area contributed by atoms with Gasteiger partial charge in [0.2, 0.25) is 0 Å². The summed E-state index contributed by atoms with van der Waals surface area (Å²) in [6.45, 7) is 6.70. The Balaban J connectivity index is 1.54. The number of fused-ring (bicyclic) bond motifs is 2. The Kier molecular flexibility index (Phi) is 7.24. The lowest BCUT2D eigenvalue weighted by atomic mass is 9.69. The van der Waals surface area contributed by atoms with Gasteiger partial charge in [-0.2, -0.15) is 5.10 Å². The second kappa shape index (κ2) is 10.5. The Bertz CT molecular complexity index is 1550. The molecule has 1 aromatic carbocycles. The second-order valence-corrected chi connectivity index (χ2v) is 11.6. The number of nitrogens with one attached hydrogen (secondary N) is 1. The van der Waals surface area contributed by atoms with Crippen molar-refractivity contribution in [3.8, 4) is 11.3 Å². The van der Waals surface area contributed by atoms with E-state index in [2.05, 4.69) is 36.2 Å². The standard InChI is InChI=1S/C29H30F2N4O3S/c1-5-29(2,3)17-11-12-18-22(13-17)39-27(23(18)28(37)38-4)34-26(36)19-15-32-35-21(24(30)31)14-20(33-25(19)35)16-9-7-6-8-10-16/h6-10,14-15,17,24H,5,11-13H2,1-4H3,(H,34,36)/t17-/m0/s1. The molecule has 10 heteroatoms. The minimum absolute atomic E-state index is 0.00912. The fourth-order valence-corrected chi connectivity index (χ4v) is 6.49. The molecule has 1 N–H and O–H groups in total. The number of nitrogens with zero attached hydrogens (tertiary/aromatic N) is 3. The Labute approximate surface area is 229 Å². The Morgan fingerprint density at radius 1 is 1.26 bits per heavy atom. The molecule has 1 aliphatic rings. The maximum Gasteiger partial charge on any atom is 0.341 e. The summed E-state index contributed by atoms with van der Waals surface area (Å²) in [5.74, 6) is -0.645. The normalized spacial score (nSPS) is 15.4. The van der Waals surface area contributed by atoms with Crippen LogP contribution in [0.1, 0.15) is 76.9 Å². The maximum absolute atomic E-state index is 14.0. The quantitative estimate of drug-likeness (QED) is 0.250.